The summed E-state index contributed by atoms with van der Waals surface area (Å²) in [6.07, 6.45) is 4.89. The van der Waals surface area contributed by atoms with Crippen LogP contribution in [0.25, 0.3) is 0 Å². The van der Waals surface area contributed by atoms with Crippen molar-refractivity contribution in [3.05, 3.63) is 30.1 Å². The molecule has 5 nitrogen and oxygen atoms in total. The number of pyridine rings is 1. The average molecular weight is 363 g/mol. The Hall–Kier alpha value is -2.05. The van der Waals surface area contributed by atoms with Gasteiger partial charge in [-0.25, -0.2) is 8.78 Å². The van der Waals surface area contributed by atoms with E-state index in [1.807, 2.05) is 17.0 Å². The Morgan fingerprint density at radius 1 is 1.27 bits per heavy atom. The number of aromatic nitrogens is 1. The zero-order chi connectivity index (χ0) is 18.4. The Morgan fingerprint density at radius 2 is 2.00 bits per heavy atom. The van der Waals surface area contributed by atoms with Gasteiger partial charge >= 0.3 is 0 Å². The molecule has 4 rings (SSSR count). The molecule has 140 valence electrons. The number of amides is 2. The monoisotopic (exact) mass is 363 g/mol. The second-order valence-corrected chi connectivity index (χ2v) is 8.07. The van der Waals surface area contributed by atoms with E-state index in [1.165, 1.54) is 0 Å². The summed E-state index contributed by atoms with van der Waals surface area (Å²) >= 11 is 0. The molecule has 1 spiro atoms. The highest BCUT2D eigenvalue weighted by Gasteiger charge is 2.51. The molecule has 0 N–H and O–H groups in total. The molecular formula is C19H23F2N3O2. The van der Waals surface area contributed by atoms with Crippen LogP contribution in [0.2, 0.25) is 0 Å². The van der Waals surface area contributed by atoms with E-state index in [2.05, 4.69) is 4.98 Å². The SMILES string of the molecule is O=C1CC2(CCN(C(=O)C3CC(F)(F)C3)CC2)CN1Cc1cccnc1. The number of hydrogen-bond acceptors (Lipinski definition) is 3. The molecule has 26 heavy (non-hydrogen) atoms. The van der Waals surface area contributed by atoms with Gasteiger partial charge in [0.1, 0.15) is 0 Å². The first-order valence-electron chi connectivity index (χ1n) is 9.19. The lowest BCUT2D eigenvalue weighted by molar-refractivity contribution is -0.161. The van der Waals surface area contributed by atoms with Crippen LogP contribution in [-0.4, -0.2) is 52.2 Å². The molecule has 2 amide bonds. The second-order valence-electron chi connectivity index (χ2n) is 8.07. The first kappa shape index (κ1) is 17.4. The molecule has 0 unspecified atom stereocenters. The lowest BCUT2D eigenvalue weighted by Gasteiger charge is -2.42. The molecule has 7 heteroatoms. The van der Waals surface area contributed by atoms with Crippen LogP contribution < -0.4 is 0 Å². The van der Waals surface area contributed by atoms with Gasteiger partial charge in [-0.3, -0.25) is 14.6 Å². The van der Waals surface area contributed by atoms with Gasteiger partial charge < -0.3 is 9.80 Å². The van der Waals surface area contributed by atoms with Crippen molar-refractivity contribution >= 4 is 11.8 Å². The third-order valence-corrected chi connectivity index (χ3v) is 6.08. The number of rotatable bonds is 3. The van der Waals surface area contributed by atoms with Crippen LogP contribution >= 0.6 is 0 Å². The summed E-state index contributed by atoms with van der Waals surface area (Å²) in [5, 5.41) is 0. The van der Waals surface area contributed by atoms with Gasteiger partial charge in [-0.1, -0.05) is 6.07 Å². The molecule has 1 aliphatic carbocycles. The summed E-state index contributed by atoms with van der Waals surface area (Å²) in [5.74, 6) is -3.18. The van der Waals surface area contributed by atoms with Crippen LogP contribution in [0, 0.1) is 11.3 Å². The van der Waals surface area contributed by atoms with Crippen LogP contribution in [0.1, 0.15) is 37.7 Å². The van der Waals surface area contributed by atoms with Crippen LogP contribution in [0.3, 0.4) is 0 Å². The van der Waals surface area contributed by atoms with Gasteiger partial charge in [-0.05, 0) is 24.5 Å². The Bertz CT molecular complexity index is 694. The summed E-state index contributed by atoms with van der Waals surface area (Å²) in [7, 11) is 0. The van der Waals surface area contributed by atoms with Crippen LogP contribution in [0.15, 0.2) is 24.5 Å². The first-order chi connectivity index (χ1) is 12.4. The second kappa shape index (κ2) is 6.28. The van der Waals surface area contributed by atoms with Crippen molar-refractivity contribution in [2.24, 2.45) is 11.3 Å². The highest BCUT2D eigenvalue weighted by atomic mass is 19.3. The minimum Gasteiger partial charge on any atom is -0.342 e. The van der Waals surface area contributed by atoms with Crippen molar-refractivity contribution in [1.82, 2.24) is 14.8 Å². The lowest BCUT2D eigenvalue weighted by Crippen LogP contribution is -2.50. The summed E-state index contributed by atoms with van der Waals surface area (Å²) in [5.41, 5.74) is 0.927. The minimum absolute atomic E-state index is 0.0837. The highest BCUT2D eigenvalue weighted by molar-refractivity contribution is 5.81. The van der Waals surface area contributed by atoms with Gasteiger partial charge in [0.15, 0.2) is 0 Å². The Labute approximate surface area is 151 Å². The summed E-state index contributed by atoms with van der Waals surface area (Å²) in [4.78, 5) is 32.5. The van der Waals surface area contributed by atoms with Gasteiger partial charge in [-0.15, -0.1) is 0 Å². The van der Waals surface area contributed by atoms with Gasteiger partial charge in [0, 0.05) is 69.2 Å². The topological polar surface area (TPSA) is 53.5 Å². The van der Waals surface area contributed by atoms with Crippen molar-refractivity contribution < 1.29 is 18.4 Å². The fraction of sp³-hybridized carbons (Fsp3) is 0.632. The average Bonchev–Trinajstić information content (AvgIpc) is 2.89. The molecule has 0 radical (unpaired) electrons. The molecule has 1 aromatic rings. The number of hydrogen-bond donors (Lipinski definition) is 0. The molecule has 0 bridgehead atoms. The molecule has 3 fully saturated rings. The third-order valence-electron chi connectivity index (χ3n) is 6.08. The molecule has 0 atom stereocenters. The Kier molecular flexibility index (Phi) is 4.20. The molecule has 1 aromatic heterocycles. The van der Waals surface area contributed by atoms with Crippen molar-refractivity contribution in [2.45, 2.75) is 44.6 Å². The molecule has 2 saturated heterocycles. The van der Waals surface area contributed by atoms with Crippen molar-refractivity contribution in [3.8, 4) is 0 Å². The third kappa shape index (κ3) is 3.31. The fourth-order valence-electron chi connectivity index (χ4n) is 4.47. The van der Waals surface area contributed by atoms with E-state index in [-0.39, 0.29) is 30.1 Å². The van der Waals surface area contributed by atoms with Crippen LogP contribution in [-0.2, 0) is 16.1 Å². The number of halogens is 2. The number of nitrogens with zero attached hydrogens (tertiary/aromatic N) is 3. The number of carbonyl (C=O) groups is 2. The normalized spacial score (nSPS) is 24.8. The van der Waals surface area contributed by atoms with Gasteiger partial charge in [0.2, 0.25) is 17.7 Å². The van der Waals surface area contributed by atoms with Crippen molar-refractivity contribution in [2.75, 3.05) is 19.6 Å². The zero-order valence-electron chi connectivity index (χ0n) is 14.7. The van der Waals surface area contributed by atoms with E-state index in [4.69, 9.17) is 0 Å². The lowest BCUT2D eigenvalue weighted by atomic mass is 9.76. The largest absolute Gasteiger partial charge is 0.342 e. The van der Waals surface area contributed by atoms with Crippen LogP contribution in [0.4, 0.5) is 8.78 Å². The summed E-state index contributed by atoms with van der Waals surface area (Å²) < 4.78 is 26.0. The number of carbonyl (C=O) groups excluding carboxylic acids is 2. The van der Waals surface area contributed by atoms with E-state index < -0.39 is 11.8 Å². The van der Waals surface area contributed by atoms with Gasteiger partial charge in [0.05, 0.1) is 0 Å². The van der Waals surface area contributed by atoms with Gasteiger partial charge in [-0.2, -0.15) is 0 Å². The maximum Gasteiger partial charge on any atom is 0.249 e. The highest BCUT2D eigenvalue weighted by Crippen LogP contribution is 2.45. The quantitative estimate of drug-likeness (QED) is 0.829. The molecule has 0 aromatic carbocycles. The van der Waals surface area contributed by atoms with E-state index in [9.17, 15) is 18.4 Å². The molecule has 3 heterocycles. The Balaban J connectivity index is 1.32. The summed E-state index contributed by atoms with van der Waals surface area (Å²) in [6.45, 7) is 2.39. The number of alkyl halides is 2. The number of piperidine rings is 1. The Morgan fingerprint density at radius 3 is 2.62 bits per heavy atom. The smallest absolute Gasteiger partial charge is 0.249 e. The standard InChI is InChI=1S/C19H23F2N3O2/c20-19(21)8-15(9-19)17(26)23-6-3-18(4-7-23)10-16(25)24(13-18)12-14-2-1-5-22-11-14/h1-2,5,11,15H,3-4,6-10,12-13H2. The minimum atomic E-state index is -2.66. The predicted octanol–water partition coefficient (Wildman–Crippen LogP) is 2.47. The van der Waals surface area contributed by atoms with E-state index in [0.29, 0.717) is 32.6 Å². The molecule has 3 aliphatic rings. The van der Waals surface area contributed by atoms with Gasteiger partial charge in [0.25, 0.3) is 0 Å². The summed E-state index contributed by atoms with van der Waals surface area (Å²) in [6, 6.07) is 3.82. The zero-order valence-corrected chi connectivity index (χ0v) is 14.7. The maximum absolute atomic E-state index is 13.0. The first-order valence-corrected chi connectivity index (χ1v) is 9.19. The van der Waals surface area contributed by atoms with Crippen LogP contribution in [0.5, 0.6) is 0 Å². The van der Waals surface area contributed by atoms with Crippen molar-refractivity contribution in [3.63, 3.8) is 0 Å². The fourth-order valence-corrected chi connectivity index (χ4v) is 4.47. The maximum atomic E-state index is 13.0. The molecular weight excluding hydrogens is 340 g/mol. The molecule has 2 aliphatic heterocycles. The van der Waals surface area contributed by atoms with E-state index >= 15 is 0 Å². The van der Waals surface area contributed by atoms with E-state index in [1.54, 1.807) is 17.3 Å². The predicted molar refractivity (Wildman–Crippen MR) is 90.2 cm³/mol. The number of likely N-dealkylation sites (tertiary alicyclic amines) is 2. The van der Waals surface area contributed by atoms with Crippen molar-refractivity contribution in [1.29, 1.82) is 0 Å². The molecule has 1 saturated carbocycles. The van der Waals surface area contributed by atoms with E-state index in [0.717, 1.165) is 18.4 Å².